The summed E-state index contributed by atoms with van der Waals surface area (Å²) in [7, 11) is 0. The number of anilines is 1. The van der Waals surface area contributed by atoms with E-state index in [4.69, 9.17) is 18.9 Å². The molecule has 5 atom stereocenters. The lowest BCUT2D eigenvalue weighted by Gasteiger charge is -2.29. The first-order valence-corrected chi connectivity index (χ1v) is 15.0. The highest BCUT2D eigenvalue weighted by atomic mass is 19.1. The number of morpholine rings is 1. The molecule has 45 heavy (non-hydrogen) atoms. The second-order valence-corrected chi connectivity index (χ2v) is 11.5. The van der Waals surface area contributed by atoms with Crippen LogP contribution in [0.2, 0.25) is 0 Å². The predicted molar refractivity (Wildman–Crippen MR) is 164 cm³/mol. The van der Waals surface area contributed by atoms with Crippen molar-refractivity contribution < 1.29 is 43.0 Å². The Kier molecular flexibility index (Phi) is 11.7. The summed E-state index contributed by atoms with van der Waals surface area (Å²) >= 11 is 0. The van der Waals surface area contributed by atoms with Gasteiger partial charge in [-0.1, -0.05) is 26.0 Å². The Labute approximate surface area is 261 Å². The number of nitrogens with zero attached hydrogens (tertiary/aromatic N) is 2. The van der Waals surface area contributed by atoms with Gasteiger partial charge in [-0.15, -0.1) is 0 Å². The summed E-state index contributed by atoms with van der Waals surface area (Å²) in [5.41, 5.74) is 1.86. The molecule has 1 saturated heterocycles. The van der Waals surface area contributed by atoms with E-state index >= 15 is 0 Å². The highest BCUT2D eigenvalue weighted by Crippen LogP contribution is 2.28. The van der Waals surface area contributed by atoms with Crippen molar-refractivity contribution in [1.29, 1.82) is 0 Å². The maximum Gasteiger partial charge on any atom is 0.514 e. The molecule has 2 aromatic carbocycles. The van der Waals surface area contributed by atoms with Crippen LogP contribution in [-0.2, 0) is 19.0 Å². The number of benzene rings is 2. The van der Waals surface area contributed by atoms with Crippen molar-refractivity contribution in [2.45, 2.75) is 58.3 Å². The lowest BCUT2D eigenvalue weighted by atomic mass is 9.91. The van der Waals surface area contributed by atoms with Gasteiger partial charge in [0.1, 0.15) is 23.8 Å². The van der Waals surface area contributed by atoms with Crippen molar-refractivity contribution in [3.05, 3.63) is 81.7 Å². The van der Waals surface area contributed by atoms with Gasteiger partial charge >= 0.3 is 12.1 Å². The van der Waals surface area contributed by atoms with E-state index in [0.29, 0.717) is 43.9 Å². The van der Waals surface area contributed by atoms with Crippen molar-refractivity contribution in [1.82, 2.24) is 0 Å². The third kappa shape index (κ3) is 9.85. The first kappa shape index (κ1) is 33.6. The lowest BCUT2D eigenvalue weighted by Crippen LogP contribution is -2.36. The monoisotopic (exact) mass is 626 g/mol. The zero-order valence-corrected chi connectivity index (χ0v) is 25.6. The van der Waals surface area contributed by atoms with Crippen molar-refractivity contribution in [2.75, 3.05) is 31.2 Å². The minimum atomic E-state index is -0.994. The first-order valence-electron chi connectivity index (χ1n) is 15.0. The number of hydrogen-bond acceptors (Lipinski definition) is 10. The van der Waals surface area contributed by atoms with E-state index in [9.17, 15) is 29.2 Å². The molecule has 0 bridgehead atoms. The first-order chi connectivity index (χ1) is 21.5. The van der Waals surface area contributed by atoms with Crippen molar-refractivity contribution >= 4 is 29.6 Å². The number of non-ortho nitro benzene ring substituents is 1. The molecule has 2 aliphatic rings. The topological polar surface area (TPSA) is 138 Å². The van der Waals surface area contributed by atoms with E-state index in [1.54, 1.807) is 25.2 Å². The van der Waals surface area contributed by atoms with Crippen LogP contribution in [0.25, 0.3) is 6.08 Å². The van der Waals surface area contributed by atoms with Crippen LogP contribution in [0, 0.1) is 27.8 Å². The number of carbonyl (C=O) groups excluding carboxylic acids is 2. The third-order valence-corrected chi connectivity index (χ3v) is 7.86. The van der Waals surface area contributed by atoms with Crippen LogP contribution in [0.3, 0.4) is 0 Å². The molecule has 1 N–H and O–H groups in total. The number of nitro groups is 1. The number of carbonyl (C=O) groups is 2. The van der Waals surface area contributed by atoms with Crippen LogP contribution in [0.15, 0.2) is 60.2 Å². The van der Waals surface area contributed by atoms with Crippen molar-refractivity contribution in [2.24, 2.45) is 11.8 Å². The van der Waals surface area contributed by atoms with Gasteiger partial charge in [0.05, 0.1) is 30.7 Å². The Hall–Kier alpha value is -4.29. The molecular weight excluding hydrogens is 587 g/mol. The van der Waals surface area contributed by atoms with Gasteiger partial charge in [-0.25, -0.2) is 9.18 Å². The zero-order chi connectivity index (χ0) is 32.5. The average Bonchev–Trinajstić information content (AvgIpc) is 3.00. The molecule has 0 unspecified atom stereocenters. The Morgan fingerprint density at radius 1 is 1.11 bits per heavy atom. The summed E-state index contributed by atoms with van der Waals surface area (Å²) in [6.45, 7) is 7.92. The van der Waals surface area contributed by atoms with E-state index in [2.05, 4.69) is 4.90 Å². The summed E-state index contributed by atoms with van der Waals surface area (Å²) in [6.07, 6.45) is 2.31. The normalized spacial score (nSPS) is 25.7. The third-order valence-electron chi connectivity index (χ3n) is 7.86. The number of halogens is 1. The predicted octanol–water partition coefficient (Wildman–Crippen LogP) is 5.84. The summed E-state index contributed by atoms with van der Waals surface area (Å²) in [5.74, 6) is -1.50. The lowest BCUT2D eigenvalue weighted by molar-refractivity contribution is -0.384. The number of aliphatic hydroxyl groups excluding tert-OH is 1. The number of cyclic esters (lactones) is 1. The van der Waals surface area contributed by atoms with Crippen LogP contribution in [0.1, 0.15) is 45.6 Å². The van der Waals surface area contributed by atoms with Gasteiger partial charge in [0.25, 0.3) is 5.69 Å². The molecule has 2 heterocycles. The van der Waals surface area contributed by atoms with E-state index in [-0.39, 0.29) is 36.0 Å². The Morgan fingerprint density at radius 2 is 1.82 bits per heavy atom. The minimum absolute atomic E-state index is 0.0843. The highest BCUT2D eigenvalue weighted by Gasteiger charge is 2.28. The standard InChI is InChI=1S/C33H39FN2O9/c1-21-4-8-28(37)20-31(38)45-32(23(3)16-24-17-25(34)19-27(18-24)35-12-14-42-15-13-35)22(2)5-11-30(21)44-33(39)43-29-9-6-26(7-10-29)36(40)41/h5-7,9-11,16-19,21-22,28,30,32,37H,4,8,12-15,20H2,1-3H3/b11-5+,23-16+/t21-,22-,28+,30-,32-/m0/s1. The molecule has 12 heteroatoms. The molecule has 2 aliphatic heterocycles. The van der Waals surface area contributed by atoms with Crippen LogP contribution in [0.5, 0.6) is 5.75 Å². The number of aliphatic hydroxyl groups is 1. The van der Waals surface area contributed by atoms with Crippen molar-refractivity contribution in [3.8, 4) is 5.75 Å². The molecular formula is C33H39FN2O9. The smallest absolute Gasteiger partial charge is 0.457 e. The fraction of sp³-hybridized carbons (Fsp3) is 0.455. The fourth-order valence-electron chi connectivity index (χ4n) is 5.35. The molecule has 11 nitrogen and oxygen atoms in total. The average molecular weight is 627 g/mol. The van der Waals surface area contributed by atoms with Gasteiger partial charge in [-0.05, 0) is 73.2 Å². The second-order valence-electron chi connectivity index (χ2n) is 11.5. The van der Waals surface area contributed by atoms with Crippen molar-refractivity contribution in [3.63, 3.8) is 0 Å². The summed E-state index contributed by atoms with van der Waals surface area (Å²) in [4.78, 5) is 37.9. The van der Waals surface area contributed by atoms with Crippen LogP contribution in [0.4, 0.5) is 20.6 Å². The molecule has 4 rings (SSSR count). The molecule has 0 saturated carbocycles. The van der Waals surface area contributed by atoms with E-state index in [1.165, 1.54) is 36.4 Å². The van der Waals surface area contributed by atoms with Gasteiger partial charge in [-0.2, -0.15) is 0 Å². The molecule has 0 aliphatic carbocycles. The molecule has 0 amide bonds. The van der Waals surface area contributed by atoms with Gasteiger partial charge in [0.15, 0.2) is 0 Å². The highest BCUT2D eigenvalue weighted by molar-refractivity contribution is 5.71. The Bertz CT molecular complexity index is 1410. The number of rotatable bonds is 6. The number of nitro benzene ring substituents is 1. The van der Waals surface area contributed by atoms with Gasteiger partial charge in [-0.3, -0.25) is 14.9 Å². The summed E-state index contributed by atoms with van der Waals surface area (Å²) < 4.78 is 36.8. The van der Waals surface area contributed by atoms with Gasteiger partial charge in [0, 0.05) is 36.8 Å². The number of hydrogen-bond donors (Lipinski definition) is 1. The zero-order valence-electron chi connectivity index (χ0n) is 25.6. The van der Waals surface area contributed by atoms with E-state index in [0.717, 1.165) is 5.69 Å². The Balaban J connectivity index is 1.55. The van der Waals surface area contributed by atoms with Crippen LogP contribution < -0.4 is 9.64 Å². The SMILES string of the molecule is C/C(=C\c1cc(F)cc(N2CCOCC2)c1)[C@H]1OC(=O)C[C@H](O)CC[C@H](C)[C@@H](OC(=O)Oc2ccc([N+](=O)[O-])cc2)/C=C/[C@@H]1C. The summed E-state index contributed by atoms with van der Waals surface area (Å²) in [5, 5.41) is 21.4. The van der Waals surface area contributed by atoms with Gasteiger partial charge < -0.3 is 29.0 Å². The van der Waals surface area contributed by atoms with Crippen LogP contribution in [-0.4, -0.2) is 66.8 Å². The molecule has 2 aromatic rings. The largest absolute Gasteiger partial charge is 0.514 e. The maximum atomic E-state index is 14.6. The number of ether oxygens (including phenoxy) is 4. The van der Waals surface area contributed by atoms with Crippen LogP contribution >= 0.6 is 0 Å². The number of esters is 1. The minimum Gasteiger partial charge on any atom is -0.457 e. The van der Waals surface area contributed by atoms with Gasteiger partial charge in [0.2, 0.25) is 0 Å². The molecule has 0 aromatic heterocycles. The van der Waals surface area contributed by atoms with E-state index < -0.39 is 41.3 Å². The Morgan fingerprint density at radius 3 is 2.51 bits per heavy atom. The maximum absolute atomic E-state index is 14.6. The molecule has 0 spiro atoms. The molecule has 1 fully saturated rings. The van der Waals surface area contributed by atoms with E-state index in [1.807, 2.05) is 19.9 Å². The second kappa shape index (κ2) is 15.6. The quantitative estimate of drug-likeness (QED) is 0.137. The molecule has 0 radical (unpaired) electrons. The molecule has 242 valence electrons. The fourth-order valence-corrected chi connectivity index (χ4v) is 5.35. The summed E-state index contributed by atoms with van der Waals surface area (Å²) in [6, 6.07) is 9.81.